The minimum Gasteiger partial charge on any atom is -0.440 e. The number of sulfonamides is 1. The molecule has 7 heteroatoms. The standard InChI is InChI=1S/C22H24N2O3S2/c25-29(26,24-18-11-5-9-15-6-3-4-10-17(15)18)21-13-12-20(28-21)19-14-23-22(27-19)16-7-1-2-8-16/h3-4,6,10,12-14,16,18,24H,1-2,5,7-9,11H2/t18-/m1/s1. The van der Waals surface area contributed by atoms with Crippen LogP contribution in [-0.4, -0.2) is 13.4 Å². The molecule has 0 unspecified atom stereocenters. The number of thiophene rings is 1. The number of oxazole rings is 1. The average Bonchev–Trinajstić information content (AvgIpc) is 3.48. The minimum absolute atomic E-state index is 0.172. The van der Waals surface area contributed by atoms with Gasteiger partial charge in [-0.15, -0.1) is 11.3 Å². The molecule has 1 saturated carbocycles. The van der Waals surface area contributed by atoms with E-state index in [0.29, 0.717) is 15.9 Å². The number of rotatable bonds is 5. The summed E-state index contributed by atoms with van der Waals surface area (Å²) in [6.07, 6.45) is 9.23. The molecule has 0 amide bonds. The summed E-state index contributed by atoms with van der Waals surface area (Å²) in [7, 11) is -3.59. The fraction of sp³-hybridized carbons (Fsp3) is 0.409. The van der Waals surface area contributed by atoms with E-state index in [1.165, 1.54) is 29.7 Å². The van der Waals surface area contributed by atoms with Crippen molar-refractivity contribution in [1.29, 1.82) is 0 Å². The van der Waals surface area contributed by atoms with Crippen molar-refractivity contribution in [3.63, 3.8) is 0 Å². The Labute approximate surface area is 175 Å². The quantitative estimate of drug-likeness (QED) is 0.589. The predicted octanol–water partition coefficient (Wildman–Crippen LogP) is 5.42. The van der Waals surface area contributed by atoms with E-state index in [-0.39, 0.29) is 6.04 Å². The number of benzene rings is 1. The van der Waals surface area contributed by atoms with Gasteiger partial charge in [0.15, 0.2) is 11.7 Å². The Morgan fingerprint density at radius 3 is 2.72 bits per heavy atom. The molecule has 5 nitrogen and oxygen atoms in total. The molecule has 1 fully saturated rings. The lowest BCUT2D eigenvalue weighted by molar-refractivity contribution is 0.458. The van der Waals surface area contributed by atoms with Crippen molar-refractivity contribution in [3.05, 3.63) is 59.6 Å². The number of aromatic nitrogens is 1. The predicted molar refractivity (Wildman–Crippen MR) is 113 cm³/mol. The Morgan fingerprint density at radius 2 is 1.86 bits per heavy atom. The molecule has 0 radical (unpaired) electrons. The lowest BCUT2D eigenvalue weighted by Gasteiger charge is -2.25. The average molecular weight is 429 g/mol. The molecule has 2 aromatic heterocycles. The summed E-state index contributed by atoms with van der Waals surface area (Å²) in [5.41, 5.74) is 2.33. The molecule has 2 aliphatic carbocycles. The topological polar surface area (TPSA) is 72.2 Å². The Hall–Kier alpha value is -1.96. The maximum atomic E-state index is 13.0. The monoisotopic (exact) mass is 428 g/mol. The molecule has 1 aromatic carbocycles. The highest BCUT2D eigenvalue weighted by molar-refractivity contribution is 7.91. The van der Waals surface area contributed by atoms with Gasteiger partial charge >= 0.3 is 0 Å². The van der Waals surface area contributed by atoms with Crippen molar-refractivity contribution < 1.29 is 12.8 Å². The fourth-order valence-corrected chi connectivity index (χ4v) is 7.00. The first-order valence-corrected chi connectivity index (χ1v) is 12.6. The van der Waals surface area contributed by atoms with Gasteiger partial charge in [-0.25, -0.2) is 18.1 Å². The van der Waals surface area contributed by atoms with Crippen LogP contribution in [0.2, 0.25) is 0 Å². The summed E-state index contributed by atoms with van der Waals surface area (Å²) in [6, 6.07) is 11.4. The third-order valence-corrected chi connectivity index (χ3v) is 9.05. The van der Waals surface area contributed by atoms with E-state index in [1.807, 2.05) is 24.3 Å². The van der Waals surface area contributed by atoms with E-state index in [4.69, 9.17) is 4.42 Å². The van der Waals surface area contributed by atoms with Crippen LogP contribution in [0, 0.1) is 0 Å². The zero-order chi connectivity index (χ0) is 19.8. The lowest BCUT2D eigenvalue weighted by Crippen LogP contribution is -2.30. The van der Waals surface area contributed by atoms with Crippen molar-refractivity contribution in [1.82, 2.24) is 9.71 Å². The highest BCUT2D eigenvalue weighted by atomic mass is 32.2. The smallest absolute Gasteiger partial charge is 0.250 e. The zero-order valence-corrected chi connectivity index (χ0v) is 17.8. The van der Waals surface area contributed by atoms with E-state index in [1.54, 1.807) is 12.3 Å². The third-order valence-electron chi connectivity index (χ3n) is 5.98. The van der Waals surface area contributed by atoms with Crippen molar-refractivity contribution in [2.75, 3.05) is 0 Å². The summed E-state index contributed by atoms with van der Waals surface area (Å²) in [5, 5.41) is 0. The summed E-state index contributed by atoms with van der Waals surface area (Å²) >= 11 is 1.23. The molecule has 1 atom stereocenters. The van der Waals surface area contributed by atoms with Gasteiger partial charge < -0.3 is 4.42 Å². The van der Waals surface area contributed by atoms with Crippen molar-refractivity contribution >= 4 is 21.4 Å². The first kappa shape index (κ1) is 19.0. The van der Waals surface area contributed by atoms with Gasteiger partial charge in [0.1, 0.15) is 4.21 Å². The number of fused-ring (bicyclic) bond motifs is 1. The number of aryl methyl sites for hydroxylation is 1. The van der Waals surface area contributed by atoms with Crippen molar-refractivity contribution in [3.8, 4) is 10.6 Å². The lowest BCUT2D eigenvalue weighted by atomic mass is 9.88. The summed E-state index contributed by atoms with van der Waals surface area (Å²) in [6.45, 7) is 0. The molecule has 152 valence electrons. The molecular formula is C22H24N2O3S2. The summed E-state index contributed by atoms with van der Waals surface area (Å²) in [5.74, 6) is 1.84. The van der Waals surface area contributed by atoms with Gasteiger partial charge in [-0.1, -0.05) is 37.1 Å². The van der Waals surface area contributed by atoms with Crippen LogP contribution in [0.5, 0.6) is 0 Å². The first-order chi connectivity index (χ1) is 14.1. The third kappa shape index (κ3) is 3.79. The molecule has 0 spiro atoms. The number of hydrogen-bond donors (Lipinski definition) is 1. The molecule has 0 saturated heterocycles. The largest absolute Gasteiger partial charge is 0.440 e. The van der Waals surface area contributed by atoms with Gasteiger partial charge in [0.05, 0.1) is 11.1 Å². The highest BCUT2D eigenvalue weighted by Crippen LogP contribution is 2.38. The van der Waals surface area contributed by atoms with Crippen LogP contribution in [-0.2, 0) is 16.4 Å². The normalized spacial score (nSPS) is 20.1. The summed E-state index contributed by atoms with van der Waals surface area (Å²) in [4.78, 5) is 5.24. The van der Waals surface area contributed by atoms with E-state index in [2.05, 4.69) is 15.8 Å². The molecular weight excluding hydrogens is 404 g/mol. The second kappa shape index (κ2) is 7.70. The molecule has 0 bridgehead atoms. The van der Waals surface area contributed by atoms with Crippen LogP contribution < -0.4 is 4.72 Å². The van der Waals surface area contributed by atoms with Gasteiger partial charge in [0, 0.05) is 12.0 Å². The maximum absolute atomic E-state index is 13.0. The molecule has 0 aliphatic heterocycles. The van der Waals surface area contributed by atoms with E-state index in [9.17, 15) is 8.42 Å². The van der Waals surface area contributed by atoms with Gasteiger partial charge in [0.2, 0.25) is 0 Å². The SMILES string of the molecule is O=S(=O)(N[C@@H]1CCCc2ccccc21)c1ccc(-c2cnc(C3CCCC3)o2)s1. The minimum atomic E-state index is -3.59. The van der Waals surface area contributed by atoms with E-state index in [0.717, 1.165) is 48.4 Å². The summed E-state index contributed by atoms with van der Waals surface area (Å²) < 4.78 is 35.2. The van der Waals surface area contributed by atoms with Crippen LogP contribution >= 0.6 is 11.3 Å². The van der Waals surface area contributed by atoms with Crippen LogP contribution in [0.3, 0.4) is 0 Å². The molecule has 2 aliphatic rings. The highest BCUT2D eigenvalue weighted by Gasteiger charge is 2.27. The first-order valence-electron chi connectivity index (χ1n) is 10.3. The Balaban J connectivity index is 1.36. The van der Waals surface area contributed by atoms with Crippen LogP contribution in [0.25, 0.3) is 10.6 Å². The van der Waals surface area contributed by atoms with Crippen LogP contribution in [0.1, 0.15) is 67.5 Å². The second-order valence-electron chi connectivity index (χ2n) is 7.93. The van der Waals surface area contributed by atoms with Gasteiger partial charge in [0.25, 0.3) is 10.0 Å². The van der Waals surface area contributed by atoms with E-state index >= 15 is 0 Å². The van der Waals surface area contributed by atoms with Gasteiger partial charge in [-0.05, 0) is 55.4 Å². The fourth-order valence-electron chi connectivity index (χ4n) is 4.48. The van der Waals surface area contributed by atoms with Crippen LogP contribution in [0.15, 0.2) is 51.2 Å². The molecule has 2 heterocycles. The van der Waals surface area contributed by atoms with E-state index < -0.39 is 10.0 Å². The zero-order valence-electron chi connectivity index (χ0n) is 16.1. The Kier molecular flexibility index (Phi) is 5.05. The van der Waals surface area contributed by atoms with Crippen LogP contribution in [0.4, 0.5) is 0 Å². The van der Waals surface area contributed by atoms with Gasteiger partial charge in [-0.3, -0.25) is 0 Å². The Bertz CT molecular complexity index is 1110. The number of nitrogens with zero attached hydrogens (tertiary/aromatic N) is 1. The van der Waals surface area contributed by atoms with Crippen molar-refractivity contribution in [2.24, 2.45) is 0 Å². The van der Waals surface area contributed by atoms with Gasteiger partial charge in [-0.2, -0.15) is 0 Å². The molecule has 5 rings (SSSR count). The Morgan fingerprint density at radius 1 is 1.03 bits per heavy atom. The molecule has 3 aromatic rings. The number of nitrogens with one attached hydrogen (secondary N) is 1. The van der Waals surface area contributed by atoms with Crippen molar-refractivity contribution in [2.45, 2.75) is 61.1 Å². The number of hydrogen-bond acceptors (Lipinski definition) is 5. The maximum Gasteiger partial charge on any atom is 0.250 e. The molecule has 1 N–H and O–H groups in total. The molecule has 29 heavy (non-hydrogen) atoms. The second-order valence-corrected chi connectivity index (χ2v) is 11.0.